The molecule has 0 aliphatic rings. The minimum absolute atomic E-state index is 0.0191. The Labute approximate surface area is 181 Å². The standard InChI is InChI=1S/C22H18N2O6S/c1-29-21(27)16-9-8-15(12-17(16)22(28)30-2)23-19(25)13-5-3-6-14(11-13)24-20(26)18-7-4-10-31-18/h3-12H,1-2H3,(H,23,25)(H,24,26). The van der Waals surface area contributed by atoms with E-state index in [2.05, 4.69) is 15.4 Å². The fourth-order valence-electron chi connectivity index (χ4n) is 2.73. The first-order chi connectivity index (χ1) is 14.9. The van der Waals surface area contributed by atoms with Crippen LogP contribution in [0.5, 0.6) is 0 Å². The Morgan fingerprint density at radius 1 is 0.742 bits per heavy atom. The van der Waals surface area contributed by atoms with Gasteiger partial charge in [0.1, 0.15) is 0 Å². The summed E-state index contributed by atoms with van der Waals surface area (Å²) >= 11 is 1.31. The van der Waals surface area contributed by atoms with Gasteiger partial charge in [0.2, 0.25) is 0 Å². The van der Waals surface area contributed by atoms with Crippen LogP contribution in [-0.4, -0.2) is 38.0 Å². The van der Waals surface area contributed by atoms with Gasteiger partial charge in [-0.05, 0) is 47.8 Å². The maximum Gasteiger partial charge on any atom is 0.338 e. The molecular formula is C22H18N2O6S. The van der Waals surface area contributed by atoms with Crippen LogP contribution < -0.4 is 10.6 Å². The molecule has 158 valence electrons. The number of amides is 2. The number of esters is 2. The van der Waals surface area contributed by atoms with Crippen LogP contribution in [0.1, 0.15) is 40.7 Å². The predicted molar refractivity (Wildman–Crippen MR) is 116 cm³/mol. The first kappa shape index (κ1) is 21.7. The van der Waals surface area contributed by atoms with Crippen LogP contribution in [0, 0.1) is 0 Å². The predicted octanol–water partition coefficient (Wildman–Crippen LogP) is 3.83. The summed E-state index contributed by atoms with van der Waals surface area (Å²) < 4.78 is 9.37. The quantitative estimate of drug-likeness (QED) is 0.566. The van der Waals surface area contributed by atoms with Crippen molar-refractivity contribution in [3.05, 3.63) is 81.5 Å². The number of nitrogens with one attached hydrogen (secondary N) is 2. The average molecular weight is 438 g/mol. The molecule has 31 heavy (non-hydrogen) atoms. The van der Waals surface area contributed by atoms with E-state index >= 15 is 0 Å². The molecule has 0 aliphatic carbocycles. The van der Waals surface area contributed by atoms with Gasteiger partial charge in [0, 0.05) is 16.9 Å². The van der Waals surface area contributed by atoms with Gasteiger partial charge in [0.05, 0.1) is 30.2 Å². The van der Waals surface area contributed by atoms with Crippen molar-refractivity contribution in [2.24, 2.45) is 0 Å². The van der Waals surface area contributed by atoms with E-state index in [1.54, 1.807) is 35.7 Å². The first-order valence-corrected chi connectivity index (χ1v) is 9.88. The summed E-state index contributed by atoms with van der Waals surface area (Å²) in [5.74, 6) is -2.18. The average Bonchev–Trinajstić information content (AvgIpc) is 3.33. The van der Waals surface area contributed by atoms with Gasteiger partial charge in [-0.15, -0.1) is 11.3 Å². The molecule has 0 saturated heterocycles. The van der Waals surface area contributed by atoms with Gasteiger partial charge in [0.15, 0.2) is 0 Å². The van der Waals surface area contributed by atoms with Crippen molar-refractivity contribution >= 4 is 46.5 Å². The number of rotatable bonds is 6. The zero-order valence-corrected chi connectivity index (χ0v) is 17.4. The van der Waals surface area contributed by atoms with Crippen molar-refractivity contribution < 1.29 is 28.7 Å². The van der Waals surface area contributed by atoms with E-state index in [-0.39, 0.29) is 22.7 Å². The molecule has 0 aliphatic heterocycles. The van der Waals surface area contributed by atoms with Crippen molar-refractivity contribution in [1.29, 1.82) is 0 Å². The molecule has 3 rings (SSSR count). The second-order valence-corrected chi connectivity index (χ2v) is 7.16. The molecule has 0 bridgehead atoms. The van der Waals surface area contributed by atoms with Crippen molar-refractivity contribution in [2.45, 2.75) is 0 Å². The number of hydrogen-bond donors (Lipinski definition) is 2. The van der Waals surface area contributed by atoms with E-state index in [0.29, 0.717) is 16.1 Å². The Morgan fingerprint density at radius 3 is 2.10 bits per heavy atom. The molecule has 0 atom stereocenters. The van der Waals surface area contributed by atoms with E-state index < -0.39 is 17.8 Å². The van der Waals surface area contributed by atoms with Crippen molar-refractivity contribution in [3.63, 3.8) is 0 Å². The molecule has 2 N–H and O–H groups in total. The summed E-state index contributed by atoms with van der Waals surface area (Å²) in [6.07, 6.45) is 0. The molecular weight excluding hydrogens is 420 g/mol. The number of carbonyl (C=O) groups excluding carboxylic acids is 4. The molecule has 9 heteroatoms. The van der Waals surface area contributed by atoms with Gasteiger partial charge in [-0.3, -0.25) is 9.59 Å². The molecule has 0 spiro atoms. The largest absolute Gasteiger partial charge is 0.465 e. The third kappa shape index (κ3) is 5.14. The third-order valence-electron chi connectivity index (χ3n) is 4.22. The molecule has 0 radical (unpaired) electrons. The molecule has 0 fully saturated rings. The van der Waals surface area contributed by atoms with E-state index in [1.165, 1.54) is 49.8 Å². The normalized spacial score (nSPS) is 10.1. The lowest BCUT2D eigenvalue weighted by Gasteiger charge is -2.11. The summed E-state index contributed by atoms with van der Waals surface area (Å²) in [7, 11) is 2.38. The highest BCUT2D eigenvalue weighted by Crippen LogP contribution is 2.20. The molecule has 1 aromatic heterocycles. The van der Waals surface area contributed by atoms with Crippen molar-refractivity contribution in [1.82, 2.24) is 0 Å². The number of thiophene rings is 1. The van der Waals surface area contributed by atoms with Gasteiger partial charge in [-0.25, -0.2) is 9.59 Å². The second-order valence-electron chi connectivity index (χ2n) is 6.21. The lowest BCUT2D eigenvalue weighted by Crippen LogP contribution is -2.16. The van der Waals surface area contributed by atoms with E-state index in [9.17, 15) is 19.2 Å². The molecule has 2 amide bonds. The van der Waals surface area contributed by atoms with Crippen LogP contribution in [0.25, 0.3) is 0 Å². The second kappa shape index (κ2) is 9.68. The van der Waals surface area contributed by atoms with Gasteiger partial charge < -0.3 is 20.1 Å². The third-order valence-corrected chi connectivity index (χ3v) is 5.08. The van der Waals surface area contributed by atoms with Gasteiger partial charge in [-0.1, -0.05) is 12.1 Å². The minimum atomic E-state index is -0.741. The molecule has 0 saturated carbocycles. The fraction of sp³-hybridized carbons (Fsp3) is 0.0909. The monoisotopic (exact) mass is 438 g/mol. The Morgan fingerprint density at radius 2 is 1.42 bits per heavy atom. The summed E-state index contributed by atoms with van der Waals surface area (Å²) in [5.41, 5.74) is 1.02. The molecule has 2 aromatic carbocycles. The number of anilines is 2. The smallest absolute Gasteiger partial charge is 0.338 e. The van der Waals surface area contributed by atoms with E-state index in [0.717, 1.165) is 0 Å². The highest BCUT2D eigenvalue weighted by atomic mass is 32.1. The van der Waals surface area contributed by atoms with Crippen LogP contribution in [0.4, 0.5) is 11.4 Å². The highest BCUT2D eigenvalue weighted by molar-refractivity contribution is 7.12. The Balaban J connectivity index is 1.79. The number of hydrogen-bond acceptors (Lipinski definition) is 7. The molecule has 1 heterocycles. The Hall–Kier alpha value is -3.98. The van der Waals surface area contributed by atoms with Crippen LogP contribution in [0.3, 0.4) is 0 Å². The lowest BCUT2D eigenvalue weighted by atomic mass is 10.1. The summed E-state index contributed by atoms with van der Waals surface area (Å²) in [4.78, 5) is 49.3. The molecule has 3 aromatic rings. The zero-order valence-electron chi connectivity index (χ0n) is 16.6. The fourth-order valence-corrected chi connectivity index (χ4v) is 3.35. The summed E-state index contributed by atoms with van der Waals surface area (Å²) in [6, 6.07) is 14.1. The van der Waals surface area contributed by atoms with Gasteiger partial charge in [-0.2, -0.15) is 0 Å². The molecule has 0 unspecified atom stereocenters. The first-order valence-electron chi connectivity index (χ1n) is 9.00. The van der Waals surface area contributed by atoms with Crippen LogP contribution >= 0.6 is 11.3 Å². The number of carbonyl (C=O) groups is 4. The maximum atomic E-state index is 12.7. The Bertz CT molecular complexity index is 1140. The van der Waals surface area contributed by atoms with Crippen LogP contribution in [-0.2, 0) is 9.47 Å². The van der Waals surface area contributed by atoms with Gasteiger partial charge in [0.25, 0.3) is 11.8 Å². The zero-order chi connectivity index (χ0) is 22.4. The van der Waals surface area contributed by atoms with Crippen LogP contribution in [0.15, 0.2) is 60.0 Å². The summed E-state index contributed by atoms with van der Waals surface area (Å²) in [5, 5.41) is 7.20. The highest BCUT2D eigenvalue weighted by Gasteiger charge is 2.20. The van der Waals surface area contributed by atoms with E-state index in [4.69, 9.17) is 4.74 Å². The SMILES string of the molecule is COC(=O)c1ccc(NC(=O)c2cccc(NC(=O)c3cccs3)c2)cc1C(=O)OC. The number of methoxy groups -OCH3 is 2. The topological polar surface area (TPSA) is 111 Å². The van der Waals surface area contributed by atoms with Crippen LogP contribution in [0.2, 0.25) is 0 Å². The van der Waals surface area contributed by atoms with Gasteiger partial charge >= 0.3 is 11.9 Å². The summed E-state index contributed by atoms with van der Waals surface area (Å²) in [6.45, 7) is 0. The van der Waals surface area contributed by atoms with Crippen molar-refractivity contribution in [2.75, 3.05) is 24.9 Å². The lowest BCUT2D eigenvalue weighted by molar-refractivity contribution is 0.0555. The van der Waals surface area contributed by atoms with Crippen molar-refractivity contribution in [3.8, 4) is 0 Å². The Kier molecular flexibility index (Phi) is 6.78. The van der Waals surface area contributed by atoms with E-state index in [1.807, 2.05) is 0 Å². The maximum absolute atomic E-state index is 12.7. The molecule has 8 nitrogen and oxygen atoms in total. The minimum Gasteiger partial charge on any atom is -0.465 e. The number of ether oxygens (including phenoxy) is 2. The number of benzene rings is 2.